The van der Waals surface area contributed by atoms with E-state index >= 15 is 0 Å². The zero-order chi connectivity index (χ0) is 22.2. The van der Waals surface area contributed by atoms with Gasteiger partial charge in [-0.05, 0) is 50.8 Å². The van der Waals surface area contributed by atoms with Crippen LogP contribution in [0.1, 0.15) is 36.3 Å². The topological polar surface area (TPSA) is 88.2 Å². The monoisotopic (exact) mass is 457 g/mol. The summed E-state index contributed by atoms with van der Waals surface area (Å²) in [6.07, 6.45) is 4.54. The second kappa shape index (κ2) is 8.39. The number of hydrogen-bond acceptors (Lipinski definition) is 8. The first kappa shape index (κ1) is 21.5. The molecular weight excluding hydrogens is 434 g/mol. The molecule has 3 aromatic rings. The van der Waals surface area contributed by atoms with Crippen LogP contribution in [-0.4, -0.2) is 38.8 Å². The molecule has 162 valence electrons. The van der Waals surface area contributed by atoms with Gasteiger partial charge < -0.3 is 14.3 Å². The van der Waals surface area contributed by atoms with Crippen LogP contribution in [0.2, 0.25) is 0 Å². The van der Waals surface area contributed by atoms with Crippen LogP contribution in [-0.2, 0) is 11.2 Å². The Morgan fingerprint density at radius 2 is 2.03 bits per heavy atom. The number of aliphatic carboxylic acids is 1. The summed E-state index contributed by atoms with van der Waals surface area (Å²) < 4.78 is 12.6. The molecule has 1 aliphatic heterocycles. The van der Waals surface area contributed by atoms with Gasteiger partial charge in [0.05, 0.1) is 33.7 Å². The number of hydrogen-bond donors (Lipinski definition) is 1. The molecule has 0 fully saturated rings. The molecule has 0 atom stereocenters. The first-order valence-electron chi connectivity index (χ1n) is 9.77. The Balaban J connectivity index is 1.74. The van der Waals surface area contributed by atoms with E-state index in [9.17, 15) is 9.90 Å². The second-order valence-electron chi connectivity index (χ2n) is 7.64. The highest BCUT2D eigenvalue weighted by Gasteiger charge is 2.40. The number of aromatic nitrogens is 1. The minimum atomic E-state index is -1.17. The lowest BCUT2D eigenvalue weighted by Gasteiger charge is -2.34. The summed E-state index contributed by atoms with van der Waals surface area (Å²) in [6.45, 7) is 5.33. The third kappa shape index (κ3) is 3.95. The van der Waals surface area contributed by atoms with Crippen molar-refractivity contribution in [3.63, 3.8) is 0 Å². The maximum Gasteiger partial charge on any atom is 0.331 e. The molecule has 3 heterocycles. The first-order valence-corrected chi connectivity index (χ1v) is 11.4. The summed E-state index contributed by atoms with van der Waals surface area (Å²) in [5, 5.41) is 14.5. The number of carbonyl (C=O) groups is 1. The maximum atomic E-state index is 11.9. The normalized spacial score (nSPS) is 13.7. The summed E-state index contributed by atoms with van der Waals surface area (Å²) in [4.78, 5) is 19.2. The summed E-state index contributed by atoms with van der Waals surface area (Å²) in [5.41, 5.74) is 1.77. The average molecular weight is 458 g/mol. The fourth-order valence-electron chi connectivity index (χ4n) is 3.25. The summed E-state index contributed by atoms with van der Waals surface area (Å²) in [5.74, 6) is 0.460. The quantitative estimate of drug-likeness (QED) is 0.485. The molecule has 7 nitrogen and oxygen atoms in total. The number of aryl methyl sites for hydroxylation is 1. The number of oxazole rings is 1. The Labute approximate surface area is 188 Å². The van der Waals surface area contributed by atoms with Gasteiger partial charge in [-0.15, -0.1) is 11.3 Å². The standard InChI is InChI=1S/C22H23N3O4S2/c1-13-17-19(30-18(13)20-23-11-12-29-20)15(24-25(31-17)22(2,3)21(26)27)10-9-14-7-5-6-8-16(14)28-4/h5-8,11-12H,9-10H2,1-4H3,(H,26,27). The number of rotatable bonds is 7. The lowest BCUT2D eigenvalue weighted by molar-refractivity contribution is -0.146. The number of ether oxygens (including phenoxy) is 1. The Hall–Kier alpha value is -2.78. The predicted molar refractivity (Wildman–Crippen MR) is 122 cm³/mol. The molecule has 0 spiro atoms. The lowest BCUT2D eigenvalue weighted by Crippen LogP contribution is -2.45. The van der Waals surface area contributed by atoms with Gasteiger partial charge in [-0.2, -0.15) is 5.10 Å². The molecule has 0 aliphatic carbocycles. The van der Waals surface area contributed by atoms with Crippen molar-refractivity contribution in [3.8, 4) is 16.5 Å². The minimum absolute atomic E-state index is 0.561. The molecule has 1 N–H and O–H groups in total. The van der Waals surface area contributed by atoms with Crippen LogP contribution >= 0.6 is 23.3 Å². The van der Waals surface area contributed by atoms with Crippen LogP contribution in [0.3, 0.4) is 0 Å². The van der Waals surface area contributed by atoms with Crippen molar-refractivity contribution >= 4 is 35.0 Å². The van der Waals surface area contributed by atoms with E-state index in [-0.39, 0.29) is 0 Å². The average Bonchev–Trinajstić information content (AvgIpc) is 3.40. The van der Waals surface area contributed by atoms with Crippen molar-refractivity contribution in [1.82, 2.24) is 9.40 Å². The number of benzene rings is 1. The minimum Gasteiger partial charge on any atom is -0.496 e. The van der Waals surface area contributed by atoms with Crippen LogP contribution in [0.5, 0.6) is 5.75 Å². The van der Waals surface area contributed by atoms with Crippen molar-refractivity contribution in [2.75, 3.05) is 7.11 Å². The summed E-state index contributed by atoms with van der Waals surface area (Å²) in [6, 6.07) is 7.90. The lowest BCUT2D eigenvalue weighted by atomic mass is 10.0. The molecule has 0 amide bonds. The van der Waals surface area contributed by atoms with E-state index in [0.717, 1.165) is 43.7 Å². The zero-order valence-corrected chi connectivity index (χ0v) is 19.3. The molecule has 0 bridgehead atoms. The number of nitrogens with zero attached hydrogens (tertiary/aromatic N) is 3. The van der Waals surface area contributed by atoms with Gasteiger partial charge >= 0.3 is 5.97 Å². The van der Waals surface area contributed by atoms with Gasteiger partial charge in [0.15, 0.2) is 5.54 Å². The Bertz CT molecular complexity index is 1140. The van der Waals surface area contributed by atoms with Crippen LogP contribution in [0.15, 0.2) is 51.1 Å². The maximum absolute atomic E-state index is 11.9. The van der Waals surface area contributed by atoms with Gasteiger partial charge in [-0.1, -0.05) is 18.2 Å². The fraction of sp³-hybridized carbons (Fsp3) is 0.318. The van der Waals surface area contributed by atoms with Crippen LogP contribution in [0, 0.1) is 6.92 Å². The van der Waals surface area contributed by atoms with Gasteiger partial charge in [0.25, 0.3) is 0 Å². The molecule has 9 heteroatoms. The summed E-state index contributed by atoms with van der Waals surface area (Å²) >= 11 is 2.93. The van der Waals surface area contributed by atoms with E-state index < -0.39 is 11.5 Å². The van der Waals surface area contributed by atoms with Crippen molar-refractivity contribution < 1.29 is 19.1 Å². The van der Waals surface area contributed by atoms with Crippen molar-refractivity contribution in [1.29, 1.82) is 0 Å². The molecule has 0 radical (unpaired) electrons. The molecule has 4 rings (SSSR count). The van der Waals surface area contributed by atoms with Crippen LogP contribution in [0.25, 0.3) is 10.8 Å². The van der Waals surface area contributed by atoms with E-state index in [2.05, 4.69) is 4.98 Å². The smallest absolute Gasteiger partial charge is 0.331 e. The molecule has 0 saturated carbocycles. The molecule has 2 aromatic heterocycles. The highest BCUT2D eigenvalue weighted by atomic mass is 32.2. The highest BCUT2D eigenvalue weighted by Crippen LogP contribution is 2.47. The van der Waals surface area contributed by atoms with Gasteiger partial charge in [-0.3, -0.25) is 0 Å². The highest BCUT2D eigenvalue weighted by molar-refractivity contribution is 7.97. The molecule has 31 heavy (non-hydrogen) atoms. The van der Waals surface area contributed by atoms with E-state index in [1.54, 1.807) is 49.2 Å². The number of thiophene rings is 1. The molecule has 1 aromatic carbocycles. The van der Waals surface area contributed by atoms with Crippen molar-refractivity contribution in [2.45, 2.75) is 44.0 Å². The first-order chi connectivity index (χ1) is 14.8. The fourth-order valence-corrected chi connectivity index (χ4v) is 5.76. The van der Waals surface area contributed by atoms with Gasteiger partial charge in [-0.25, -0.2) is 14.2 Å². The number of methoxy groups -OCH3 is 1. The van der Waals surface area contributed by atoms with Gasteiger partial charge in [0.1, 0.15) is 12.0 Å². The number of fused-ring (bicyclic) bond motifs is 1. The number of hydrazone groups is 1. The number of carboxylic acids is 1. The van der Waals surface area contributed by atoms with E-state index in [0.29, 0.717) is 12.3 Å². The SMILES string of the molecule is COc1ccccc1CCC1=NN(C(C)(C)C(=O)O)Sc2c1sc(-c1ncco1)c2C. The Morgan fingerprint density at radius 1 is 1.26 bits per heavy atom. The molecule has 0 unspecified atom stereocenters. The third-order valence-corrected chi connectivity index (χ3v) is 8.06. The van der Waals surface area contributed by atoms with E-state index in [4.69, 9.17) is 14.3 Å². The van der Waals surface area contributed by atoms with Crippen molar-refractivity contribution in [3.05, 3.63) is 52.7 Å². The Kier molecular flexibility index (Phi) is 5.81. The Morgan fingerprint density at radius 3 is 2.71 bits per heavy atom. The van der Waals surface area contributed by atoms with Crippen LogP contribution in [0.4, 0.5) is 0 Å². The molecular formula is C22H23N3O4S2. The molecule has 0 saturated heterocycles. The van der Waals surface area contributed by atoms with Gasteiger partial charge in [0, 0.05) is 11.9 Å². The second-order valence-corrected chi connectivity index (χ2v) is 9.60. The molecule has 1 aliphatic rings. The third-order valence-electron chi connectivity index (χ3n) is 5.19. The zero-order valence-electron chi connectivity index (χ0n) is 17.7. The van der Waals surface area contributed by atoms with Gasteiger partial charge in [0.2, 0.25) is 5.89 Å². The largest absolute Gasteiger partial charge is 0.496 e. The number of para-hydroxylation sites is 1. The van der Waals surface area contributed by atoms with Crippen LogP contribution < -0.4 is 4.74 Å². The summed E-state index contributed by atoms with van der Waals surface area (Å²) in [7, 11) is 1.66. The predicted octanol–water partition coefficient (Wildman–Crippen LogP) is 5.24. The van der Waals surface area contributed by atoms with Crippen molar-refractivity contribution in [2.24, 2.45) is 5.10 Å². The van der Waals surface area contributed by atoms with E-state index in [1.165, 1.54) is 11.9 Å². The van der Waals surface area contributed by atoms with E-state index in [1.807, 2.05) is 31.2 Å². The number of carboxylic acid groups (broad SMARTS) is 1.